The molecule has 2 aromatic carbocycles. The van der Waals surface area contributed by atoms with Gasteiger partial charge in [0.1, 0.15) is 54.2 Å². The Labute approximate surface area is 237 Å². The fourth-order valence-electron chi connectivity index (χ4n) is 5.07. The summed E-state index contributed by atoms with van der Waals surface area (Å²) in [4.78, 5) is 0. The van der Waals surface area contributed by atoms with Gasteiger partial charge < -0.3 is 59.8 Å². The Morgan fingerprint density at radius 2 is 1.22 bits per heavy atom. The minimum Gasteiger partial charge on any atom is -0.462 e. The van der Waals surface area contributed by atoms with E-state index in [2.05, 4.69) is 0 Å². The minimum atomic E-state index is -1.94. The van der Waals surface area contributed by atoms with Crippen molar-refractivity contribution in [1.82, 2.24) is 0 Å². The van der Waals surface area contributed by atoms with Crippen LogP contribution in [-0.2, 0) is 22.3 Å². The molecule has 0 radical (unpaired) electrons. The molecule has 10 atom stereocenters. The number of benzene rings is 2. The maximum Gasteiger partial charge on any atom is 0.231 e. The van der Waals surface area contributed by atoms with Crippen LogP contribution < -0.4 is 9.47 Å². The minimum absolute atomic E-state index is 0.403. The second-order valence-corrected chi connectivity index (χ2v) is 10.6. The SMILES string of the molecule is CCc1cc(-c2ccc(OC3OC(CO)C(O)C(O)C3(C)O)c(CC)c2)ccc1OC1OC(CO)C(O)C(O)C1O. The summed E-state index contributed by atoms with van der Waals surface area (Å²) in [5, 5.41) is 80.7. The predicted molar refractivity (Wildman–Crippen MR) is 144 cm³/mol. The second kappa shape index (κ2) is 12.9. The number of rotatable bonds is 9. The van der Waals surface area contributed by atoms with Crippen molar-refractivity contribution in [2.45, 2.75) is 94.5 Å². The van der Waals surface area contributed by atoms with Gasteiger partial charge in [-0.1, -0.05) is 26.0 Å². The summed E-state index contributed by atoms with van der Waals surface area (Å²) in [6, 6.07) is 10.9. The van der Waals surface area contributed by atoms with Crippen LogP contribution in [0.4, 0.5) is 0 Å². The summed E-state index contributed by atoms with van der Waals surface area (Å²) < 4.78 is 22.9. The molecule has 8 N–H and O–H groups in total. The summed E-state index contributed by atoms with van der Waals surface area (Å²) in [6.45, 7) is 4.02. The lowest BCUT2D eigenvalue weighted by Crippen LogP contribution is -2.66. The summed E-state index contributed by atoms with van der Waals surface area (Å²) in [7, 11) is 0. The molecule has 10 unspecified atom stereocenters. The summed E-state index contributed by atoms with van der Waals surface area (Å²) >= 11 is 0. The third-order valence-electron chi connectivity index (χ3n) is 7.80. The van der Waals surface area contributed by atoms with Crippen molar-refractivity contribution in [3.63, 3.8) is 0 Å². The van der Waals surface area contributed by atoms with E-state index in [0.717, 1.165) is 22.3 Å². The first-order valence-corrected chi connectivity index (χ1v) is 13.7. The molecule has 2 fully saturated rings. The monoisotopic (exact) mass is 580 g/mol. The van der Waals surface area contributed by atoms with Gasteiger partial charge in [0.15, 0.2) is 5.60 Å². The second-order valence-electron chi connectivity index (χ2n) is 10.6. The Balaban J connectivity index is 1.55. The highest BCUT2D eigenvalue weighted by atomic mass is 16.7. The summed E-state index contributed by atoms with van der Waals surface area (Å²) in [6.07, 6.45) is -11.4. The zero-order chi connectivity index (χ0) is 30.1. The highest BCUT2D eigenvalue weighted by Gasteiger charge is 2.53. The normalized spacial score (nSPS) is 35.7. The average Bonchev–Trinajstić information content (AvgIpc) is 2.98. The zero-order valence-electron chi connectivity index (χ0n) is 23.2. The Bertz CT molecular complexity index is 1170. The van der Waals surface area contributed by atoms with Gasteiger partial charge in [0.25, 0.3) is 0 Å². The molecule has 2 saturated heterocycles. The molecule has 2 heterocycles. The van der Waals surface area contributed by atoms with Crippen LogP contribution in [0, 0.1) is 0 Å². The lowest BCUT2D eigenvalue weighted by Gasteiger charge is -2.45. The number of aliphatic hydroxyl groups is 8. The first-order chi connectivity index (χ1) is 19.5. The van der Waals surface area contributed by atoms with Gasteiger partial charge >= 0.3 is 0 Å². The van der Waals surface area contributed by atoms with Crippen molar-refractivity contribution in [2.75, 3.05) is 13.2 Å². The van der Waals surface area contributed by atoms with Crippen molar-refractivity contribution in [3.05, 3.63) is 47.5 Å². The molecule has 2 aromatic rings. The first-order valence-electron chi connectivity index (χ1n) is 13.7. The lowest BCUT2D eigenvalue weighted by atomic mass is 9.88. The Morgan fingerprint density at radius 1 is 0.707 bits per heavy atom. The van der Waals surface area contributed by atoms with E-state index in [0.29, 0.717) is 24.3 Å². The van der Waals surface area contributed by atoms with Crippen molar-refractivity contribution in [3.8, 4) is 22.6 Å². The lowest BCUT2D eigenvalue weighted by molar-refractivity contribution is -0.315. The van der Waals surface area contributed by atoms with Gasteiger partial charge in [-0.2, -0.15) is 0 Å². The molecule has 4 rings (SSSR count). The molecule has 2 aliphatic rings. The fraction of sp³-hybridized carbons (Fsp3) is 0.586. The van der Waals surface area contributed by atoms with E-state index in [9.17, 15) is 40.9 Å². The van der Waals surface area contributed by atoms with Crippen LogP contribution in [0.3, 0.4) is 0 Å². The highest BCUT2D eigenvalue weighted by Crippen LogP contribution is 2.36. The third-order valence-corrected chi connectivity index (χ3v) is 7.80. The van der Waals surface area contributed by atoms with Crippen LogP contribution in [0.1, 0.15) is 31.9 Å². The molecule has 0 saturated carbocycles. The number of aryl methyl sites for hydroxylation is 2. The molecule has 0 aromatic heterocycles. The number of ether oxygens (including phenoxy) is 4. The molecule has 0 aliphatic carbocycles. The standard InChI is InChI=1S/C29H40O12/c1-4-14-10-16(6-8-18(14)38-27-25(35)24(34)22(32)20(12-30)39-27)17-7-9-19(15(5-2)11-17)40-28-29(3,37)26(36)23(33)21(13-31)41-28/h6-11,20-28,30-37H,4-5,12-13H2,1-3H3. The van der Waals surface area contributed by atoms with Gasteiger partial charge in [0.2, 0.25) is 12.6 Å². The van der Waals surface area contributed by atoms with E-state index in [1.807, 2.05) is 38.1 Å². The van der Waals surface area contributed by atoms with Crippen molar-refractivity contribution in [1.29, 1.82) is 0 Å². The van der Waals surface area contributed by atoms with Crippen molar-refractivity contribution in [2.24, 2.45) is 0 Å². The topological polar surface area (TPSA) is 199 Å². The van der Waals surface area contributed by atoms with E-state index in [-0.39, 0.29) is 0 Å². The van der Waals surface area contributed by atoms with Gasteiger partial charge in [-0.3, -0.25) is 0 Å². The number of aliphatic hydroxyl groups excluding tert-OH is 7. The van der Waals surface area contributed by atoms with Crippen LogP contribution in [0.5, 0.6) is 11.5 Å². The van der Waals surface area contributed by atoms with Gasteiger partial charge in [-0.25, -0.2) is 0 Å². The molecule has 12 nitrogen and oxygen atoms in total. The maximum atomic E-state index is 10.8. The molecular weight excluding hydrogens is 540 g/mol. The Kier molecular flexibility index (Phi) is 9.92. The summed E-state index contributed by atoms with van der Waals surface area (Å²) in [5.41, 5.74) is 1.32. The molecule has 228 valence electrons. The highest BCUT2D eigenvalue weighted by molar-refractivity contribution is 5.68. The van der Waals surface area contributed by atoms with E-state index < -0.39 is 74.1 Å². The molecule has 0 spiro atoms. The van der Waals surface area contributed by atoms with Gasteiger partial charge in [0, 0.05) is 0 Å². The average molecular weight is 581 g/mol. The Morgan fingerprint density at radius 3 is 1.73 bits per heavy atom. The first kappa shape index (κ1) is 31.6. The molecule has 41 heavy (non-hydrogen) atoms. The van der Waals surface area contributed by atoms with Crippen LogP contribution >= 0.6 is 0 Å². The molecule has 2 aliphatic heterocycles. The van der Waals surface area contributed by atoms with Crippen LogP contribution in [-0.4, -0.2) is 115 Å². The van der Waals surface area contributed by atoms with Crippen molar-refractivity contribution < 1.29 is 59.8 Å². The van der Waals surface area contributed by atoms with Crippen LogP contribution in [0.15, 0.2) is 36.4 Å². The van der Waals surface area contributed by atoms with Crippen LogP contribution in [0.25, 0.3) is 11.1 Å². The van der Waals surface area contributed by atoms with E-state index in [1.54, 1.807) is 12.1 Å². The Hall–Kier alpha value is -2.36. The maximum absolute atomic E-state index is 10.8. The molecule has 0 amide bonds. The summed E-state index contributed by atoms with van der Waals surface area (Å²) in [5.74, 6) is 0.812. The van der Waals surface area contributed by atoms with E-state index >= 15 is 0 Å². The van der Waals surface area contributed by atoms with E-state index in [1.165, 1.54) is 6.92 Å². The van der Waals surface area contributed by atoms with Gasteiger partial charge in [-0.15, -0.1) is 0 Å². The predicted octanol–water partition coefficient (Wildman–Crippen LogP) is -0.774. The third kappa shape index (κ3) is 6.22. The van der Waals surface area contributed by atoms with E-state index in [4.69, 9.17) is 18.9 Å². The van der Waals surface area contributed by atoms with Crippen molar-refractivity contribution >= 4 is 0 Å². The van der Waals surface area contributed by atoms with Gasteiger partial charge in [0.05, 0.1) is 13.2 Å². The zero-order valence-corrected chi connectivity index (χ0v) is 23.2. The molecular formula is C29H40O12. The molecule has 12 heteroatoms. The van der Waals surface area contributed by atoms with Crippen LogP contribution in [0.2, 0.25) is 0 Å². The quantitative estimate of drug-likeness (QED) is 0.184. The van der Waals surface area contributed by atoms with Gasteiger partial charge in [-0.05, 0) is 66.3 Å². The largest absolute Gasteiger partial charge is 0.462 e. The number of hydrogen-bond acceptors (Lipinski definition) is 12. The smallest absolute Gasteiger partial charge is 0.231 e. The molecule has 0 bridgehead atoms. The number of hydrogen-bond donors (Lipinski definition) is 8. The fourth-order valence-corrected chi connectivity index (χ4v) is 5.07.